The molecule has 0 saturated heterocycles. The van der Waals surface area contributed by atoms with Crippen LogP contribution >= 0.6 is 0 Å². The molecule has 3 N–H and O–H groups in total. The number of nitrogens with zero attached hydrogens (tertiary/aromatic N) is 4. The minimum Gasteiger partial charge on any atom is -0.457 e. The van der Waals surface area contributed by atoms with Crippen LogP contribution in [0.25, 0.3) is 11.0 Å². The maximum absolute atomic E-state index is 12.7. The first-order valence-electron chi connectivity index (χ1n) is 13.3. The predicted octanol–water partition coefficient (Wildman–Crippen LogP) is 4.96. The number of amides is 1. The summed E-state index contributed by atoms with van der Waals surface area (Å²) in [6.45, 7) is 1.43. The number of rotatable bonds is 6. The normalized spacial score (nSPS) is 15.1. The van der Waals surface area contributed by atoms with E-state index in [1.165, 1.54) is 25.3 Å². The van der Waals surface area contributed by atoms with Gasteiger partial charge in [-0.15, -0.1) is 0 Å². The van der Waals surface area contributed by atoms with Crippen LogP contribution in [0.15, 0.2) is 53.6 Å². The van der Waals surface area contributed by atoms with Crippen LogP contribution in [0, 0.1) is 0 Å². The van der Waals surface area contributed by atoms with E-state index in [1.807, 2.05) is 42.1 Å². The van der Waals surface area contributed by atoms with Crippen LogP contribution in [0.3, 0.4) is 0 Å². The molecule has 4 aromatic rings. The summed E-state index contributed by atoms with van der Waals surface area (Å²) in [5.74, 6) is 2.50. The number of carbonyl (C=O) groups is 1. The summed E-state index contributed by atoms with van der Waals surface area (Å²) in [6.07, 6.45) is 10.4. The molecule has 2 saturated carbocycles. The highest BCUT2D eigenvalue weighted by Crippen LogP contribution is 2.40. The molecule has 3 aromatic heterocycles. The van der Waals surface area contributed by atoms with E-state index >= 15 is 0 Å². The van der Waals surface area contributed by atoms with Crippen molar-refractivity contribution in [2.45, 2.75) is 57.5 Å². The lowest BCUT2D eigenvalue weighted by Crippen LogP contribution is -2.20. The topological polar surface area (TPSA) is 123 Å². The smallest absolute Gasteiger partial charge is 0.274 e. The van der Waals surface area contributed by atoms with Gasteiger partial charge in [-0.2, -0.15) is 0 Å². The third-order valence-corrected chi connectivity index (χ3v) is 6.95. The molecule has 3 heterocycles. The van der Waals surface area contributed by atoms with Crippen molar-refractivity contribution in [2.24, 2.45) is 14.1 Å². The van der Waals surface area contributed by atoms with Crippen LogP contribution in [-0.4, -0.2) is 36.2 Å². The van der Waals surface area contributed by atoms with E-state index < -0.39 is 0 Å². The van der Waals surface area contributed by atoms with Crippen LogP contribution in [0.4, 0.5) is 17.5 Å². The van der Waals surface area contributed by atoms with Gasteiger partial charge in [0.15, 0.2) is 0 Å². The average Bonchev–Trinajstić information content (AvgIpc) is 3.57. The van der Waals surface area contributed by atoms with E-state index in [9.17, 15) is 9.59 Å². The summed E-state index contributed by atoms with van der Waals surface area (Å²) >= 11 is 0. The predicted molar refractivity (Wildman–Crippen MR) is 151 cm³/mol. The van der Waals surface area contributed by atoms with Gasteiger partial charge in [0.05, 0.1) is 17.1 Å². The van der Waals surface area contributed by atoms with Gasteiger partial charge in [0.1, 0.15) is 23.0 Å². The number of imidazole rings is 1. The van der Waals surface area contributed by atoms with Crippen molar-refractivity contribution in [3.63, 3.8) is 0 Å². The molecule has 204 valence electrons. The molecule has 0 atom stereocenters. The molecule has 0 aliphatic heterocycles. The van der Waals surface area contributed by atoms with Gasteiger partial charge in [-0.05, 0) is 61.4 Å². The van der Waals surface area contributed by atoms with Gasteiger partial charge in [0.25, 0.3) is 5.56 Å². The highest BCUT2D eigenvalue weighted by atomic mass is 16.5. The van der Waals surface area contributed by atoms with Crippen LogP contribution in [0.5, 0.6) is 11.5 Å². The Hall–Kier alpha value is -4.18. The van der Waals surface area contributed by atoms with Crippen LogP contribution in [0.2, 0.25) is 0 Å². The van der Waals surface area contributed by atoms with Crippen molar-refractivity contribution >= 4 is 34.4 Å². The molecule has 2 aliphatic rings. The Bertz CT molecular complexity index is 1550. The Balaban J connectivity index is 0.000000455. The van der Waals surface area contributed by atoms with Crippen LogP contribution in [0.1, 0.15) is 56.9 Å². The Morgan fingerprint density at radius 1 is 1.05 bits per heavy atom. The van der Waals surface area contributed by atoms with Crippen molar-refractivity contribution < 1.29 is 14.6 Å². The monoisotopic (exact) mass is 530 g/mol. The number of nitrogens with one attached hydrogen (secondary N) is 2. The van der Waals surface area contributed by atoms with Crippen molar-refractivity contribution in [1.29, 1.82) is 0 Å². The number of ether oxygens (including phenoxy) is 1. The maximum atomic E-state index is 12.7. The zero-order chi connectivity index (χ0) is 27.5. The molecule has 2 fully saturated rings. The zero-order valence-corrected chi connectivity index (χ0v) is 22.5. The number of benzene rings is 1. The van der Waals surface area contributed by atoms with Crippen molar-refractivity contribution in [1.82, 2.24) is 19.1 Å². The second-order valence-corrected chi connectivity index (χ2v) is 10.2. The fourth-order valence-corrected chi connectivity index (χ4v) is 4.70. The number of hydrogen-bond donors (Lipinski definition) is 3. The number of anilines is 3. The van der Waals surface area contributed by atoms with Crippen LogP contribution < -0.4 is 20.9 Å². The number of pyridine rings is 2. The molecule has 0 radical (unpaired) electrons. The number of aliphatic hydroxyl groups is 1. The van der Waals surface area contributed by atoms with Gasteiger partial charge >= 0.3 is 0 Å². The lowest BCUT2D eigenvalue weighted by molar-refractivity contribution is -0.114. The van der Waals surface area contributed by atoms with Crippen molar-refractivity contribution in [3.05, 3.63) is 64.7 Å². The molecular formula is C29H34N6O4. The molecule has 39 heavy (non-hydrogen) atoms. The van der Waals surface area contributed by atoms with Crippen molar-refractivity contribution in [3.8, 4) is 11.5 Å². The number of carbonyl (C=O) groups excluding carboxylic acids is 1. The van der Waals surface area contributed by atoms with E-state index in [2.05, 4.69) is 20.6 Å². The van der Waals surface area contributed by atoms with E-state index in [-0.39, 0.29) is 17.6 Å². The largest absolute Gasteiger partial charge is 0.457 e. The summed E-state index contributed by atoms with van der Waals surface area (Å²) in [5, 5.41) is 14.6. The van der Waals surface area contributed by atoms with E-state index in [0.717, 1.165) is 36.7 Å². The molecular weight excluding hydrogens is 496 g/mol. The Labute approximate surface area is 226 Å². The number of aryl methyl sites for hydroxylation is 2. The highest BCUT2D eigenvalue weighted by Gasteiger charge is 2.25. The fourth-order valence-electron chi connectivity index (χ4n) is 4.70. The Morgan fingerprint density at radius 2 is 1.79 bits per heavy atom. The molecule has 0 bridgehead atoms. The molecule has 2 aliphatic carbocycles. The summed E-state index contributed by atoms with van der Waals surface area (Å²) in [7, 11) is 3.66. The number of aromatic nitrogens is 4. The van der Waals surface area contributed by atoms with E-state index in [4.69, 9.17) is 9.84 Å². The minimum absolute atomic E-state index is 0.0463. The Kier molecular flexibility index (Phi) is 7.65. The summed E-state index contributed by atoms with van der Waals surface area (Å²) < 4.78 is 9.48. The van der Waals surface area contributed by atoms with Crippen LogP contribution in [-0.2, 0) is 18.9 Å². The first-order valence-corrected chi connectivity index (χ1v) is 13.3. The fraction of sp³-hybridized carbons (Fsp3) is 0.379. The molecule has 1 amide bonds. The minimum atomic E-state index is -0.200. The summed E-state index contributed by atoms with van der Waals surface area (Å²) in [5.41, 5.74) is 3.21. The molecule has 10 heteroatoms. The van der Waals surface area contributed by atoms with Gasteiger partial charge in [-0.1, -0.05) is 12.8 Å². The standard InChI is InChI=1S/C24H24N6O3.C5H10O/c1-14(31)26-22-12-18(8-9-25-22)33-17-6-7-19-21(11-17)30(3)24(27-19)28-20-10-16(15-4-5-15)13-29(2)23(20)32;6-5-3-1-2-4-5/h6-13,15H,4-5H2,1-3H3,(H,27,28)(H,25,26,31);5-6H,1-4H2. The molecule has 0 spiro atoms. The number of aliphatic hydroxyl groups excluding tert-OH is 1. The third kappa shape index (κ3) is 6.46. The van der Waals surface area contributed by atoms with E-state index in [0.29, 0.717) is 34.9 Å². The SMILES string of the molecule is CC(=O)Nc1cc(Oc2ccc3nc(Nc4cc(C5CC5)cn(C)c4=O)n(C)c3c2)ccn1.OC1CCCC1. The lowest BCUT2D eigenvalue weighted by Gasteiger charge is -2.10. The van der Waals surface area contributed by atoms with Gasteiger partial charge in [0.2, 0.25) is 11.9 Å². The Morgan fingerprint density at radius 3 is 2.46 bits per heavy atom. The van der Waals surface area contributed by atoms with Gasteiger partial charge in [0, 0.05) is 45.5 Å². The van der Waals surface area contributed by atoms with Crippen molar-refractivity contribution in [2.75, 3.05) is 10.6 Å². The summed E-state index contributed by atoms with van der Waals surface area (Å²) in [6, 6.07) is 10.9. The molecule has 1 aromatic carbocycles. The molecule has 6 rings (SSSR count). The second-order valence-electron chi connectivity index (χ2n) is 10.2. The quantitative estimate of drug-likeness (QED) is 0.322. The zero-order valence-electron chi connectivity index (χ0n) is 22.5. The summed E-state index contributed by atoms with van der Waals surface area (Å²) in [4.78, 5) is 32.7. The molecule has 10 nitrogen and oxygen atoms in total. The number of fused-ring (bicyclic) bond motifs is 1. The van der Waals surface area contributed by atoms with E-state index in [1.54, 1.807) is 29.9 Å². The highest BCUT2D eigenvalue weighted by molar-refractivity contribution is 5.87. The lowest BCUT2D eigenvalue weighted by atomic mass is 10.2. The second kappa shape index (κ2) is 11.3. The van der Waals surface area contributed by atoms with Gasteiger partial charge in [-0.3, -0.25) is 9.59 Å². The first kappa shape index (κ1) is 26.4. The molecule has 0 unspecified atom stereocenters. The maximum Gasteiger partial charge on any atom is 0.274 e. The first-order chi connectivity index (χ1) is 18.8. The van der Waals surface area contributed by atoms with Gasteiger partial charge in [-0.25, -0.2) is 9.97 Å². The van der Waals surface area contributed by atoms with Gasteiger partial charge < -0.3 is 29.6 Å². The number of hydrogen-bond acceptors (Lipinski definition) is 7. The third-order valence-electron chi connectivity index (χ3n) is 6.95. The average molecular weight is 531 g/mol.